The van der Waals surface area contributed by atoms with Crippen molar-refractivity contribution < 1.29 is 14.4 Å². The molecule has 0 aromatic carbocycles. The van der Waals surface area contributed by atoms with Gasteiger partial charge in [0.2, 0.25) is 11.8 Å². The van der Waals surface area contributed by atoms with Crippen molar-refractivity contribution in [3.8, 4) is 0 Å². The van der Waals surface area contributed by atoms with E-state index in [9.17, 15) is 19.2 Å². The molecule has 17 heteroatoms. The minimum absolute atomic E-state index is 0. The molecule has 2 fully saturated rings. The normalized spacial score (nSPS) is 16.2. The summed E-state index contributed by atoms with van der Waals surface area (Å²) in [4.78, 5) is 57.8. The lowest BCUT2D eigenvalue weighted by Crippen LogP contribution is -2.30. The summed E-state index contributed by atoms with van der Waals surface area (Å²) < 4.78 is 1.49. The van der Waals surface area contributed by atoms with Crippen molar-refractivity contribution in [3.63, 3.8) is 0 Å². The van der Waals surface area contributed by atoms with Crippen molar-refractivity contribution in [1.82, 2.24) is 46.7 Å². The van der Waals surface area contributed by atoms with Crippen LogP contribution in [0, 0.1) is 23.7 Å². The first-order chi connectivity index (χ1) is 24.2. The maximum atomic E-state index is 11.1. The second-order valence-corrected chi connectivity index (χ2v) is 16.3. The number of nitrogens with one attached hydrogen (secondary N) is 7. The number of hydrogen-bond donors (Lipinski definition) is 7. The Labute approximate surface area is 322 Å². The number of aromatic nitrogens is 4. The molecule has 3 aliphatic rings. The number of hydrazine groups is 1. The summed E-state index contributed by atoms with van der Waals surface area (Å²) in [6, 6.07) is -0.233. The van der Waals surface area contributed by atoms with Crippen molar-refractivity contribution in [1.29, 1.82) is 0 Å². The lowest BCUT2D eigenvalue weighted by molar-refractivity contribution is -0.119. The monoisotopic (exact) mass is 778 g/mol. The van der Waals surface area contributed by atoms with E-state index in [0.29, 0.717) is 47.7 Å². The van der Waals surface area contributed by atoms with Gasteiger partial charge in [-0.3, -0.25) is 30.7 Å². The van der Waals surface area contributed by atoms with Crippen LogP contribution in [-0.4, -0.2) is 54.8 Å². The SMILES string of the molecule is C.C=C1N=C(CC(C)C)NN1.C=C1NC(=O)C(CC(C)C)S1.C=C1NC(=O)N(CC(C)C)O1.C=c1[nH]c(=O)c(=CC(C)C)s1.CC(C)c1n[nH]c(=O)[nH]1. The molecule has 0 saturated carbocycles. The summed E-state index contributed by atoms with van der Waals surface area (Å²) >= 11 is 2.95. The summed E-state index contributed by atoms with van der Waals surface area (Å²) in [5, 5.41) is 13.3. The maximum absolute atomic E-state index is 11.1. The van der Waals surface area contributed by atoms with E-state index in [1.54, 1.807) is 11.8 Å². The lowest BCUT2D eigenvalue weighted by Gasteiger charge is -2.13. The summed E-state index contributed by atoms with van der Waals surface area (Å²) in [6.07, 6.45) is 3.86. The van der Waals surface area contributed by atoms with Gasteiger partial charge in [-0.15, -0.1) is 11.3 Å². The Morgan fingerprint density at radius 3 is 1.85 bits per heavy atom. The number of carbonyl (C=O) groups excluding carboxylic acids is 2. The first-order valence-electron chi connectivity index (χ1n) is 17.1. The fraction of sp³-hybridized carbons (Fsp3) is 0.556. The number of carbonyl (C=O) groups is 2. The molecule has 0 spiro atoms. The highest BCUT2D eigenvalue weighted by Gasteiger charge is 2.28. The number of hydrogen-bond acceptors (Lipinski definition) is 11. The summed E-state index contributed by atoms with van der Waals surface area (Å²) in [7, 11) is 0. The molecular formula is C36H62N10O5S2. The number of nitrogens with zero attached hydrogens (tertiary/aromatic N) is 3. The van der Waals surface area contributed by atoms with Crippen LogP contribution in [0.4, 0.5) is 4.79 Å². The number of thioether (sulfide) groups is 1. The van der Waals surface area contributed by atoms with E-state index >= 15 is 0 Å². The Hall–Kier alpha value is -4.51. The molecule has 5 rings (SSSR count). The minimum Gasteiger partial charge on any atom is -0.357 e. The summed E-state index contributed by atoms with van der Waals surface area (Å²) in [5.41, 5.74) is 5.51. The van der Waals surface area contributed by atoms with Crippen LogP contribution in [0.2, 0.25) is 0 Å². The largest absolute Gasteiger partial charge is 0.357 e. The number of urea groups is 1. The first kappa shape index (κ1) is 48.5. The van der Waals surface area contributed by atoms with Crippen LogP contribution in [-0.2, 0) is 9.63 Å². The Bertz CT molecular complexity index is 1710. The summed E-state index contributed by atoms with van der Waals surface area (Å²) in [6.45, 7) is 35.6. The number of H-pyrrole nitrogens is 3. The van der Waals surface area contributed by atoms with Crippen molar-refractivity contribution in [2.45, 2.75) is 101 Å². The van der Waals surface area contributed by atoms with Gasteiger partial charge in [0.05, 0.1) is 26.0 Å². The highest BCUT2D eigenvalue weighted by atomic mass is 32.2. The summed E-state index contributed by atoms with van der Waals surface area (Å²) in [5.74, 6) is 5.12. The first-order valence-corrected chi connectivity index (χ1v) is 18.8. The van der Waals surface area contributed by atoms with Crippen LogP contribution < -0.4 is 41.9 Å². The fourth-order valence-corrected chi connectivity index (χ4v) is 6.14. The lowest BCUT2D eigenvalue weighted by atomic mass is 10.1. The van der Waals surface area contributed by atoms with Crippen LogP contribution in [0.25, 0.3) is 12.7 Å². The predicted molar refractivity (Wildman–Crippen MR) is 220 cm³/mol. The van der Waals surface area contributed by atoms with Crippen LogP contribution in [0.5, 0.6) is 0 Å². The third-order valence-electron chi connectivity index (χ3n) is 6.23. The molecule has 0 aliphatic carbocycles. The van der Waals surface area contributed by atoms with E-state index in [-0.39, 0.29) is 41.8 Å². The van der Waals surface area contributed by atoms with Crippen LogP contribution in [0.1, 0.15) is 101 Å². The van der Waals surface area contributed by atoms with Gasteiger partial charge >= 0.3 is 11.7 Å². The predicted octanol–water partition coefficient (Wildman–Crippen LogP) is 4.96. The number of amides is 3. The van der Waals surface area contributed by atoms with E-state index in [2.05, 4.69) is 101 Å². The van der Waals surface area contributed by atoms with Gasteiger partial charge in [-0.05, 0) is 36.7 Å². The topological polar surface area (TPSA) is 201 Å². The van der Waals surface area contributed by atoms with Crippen molar-refractivity contribution in [3.05, 3.63) is 72.3 Å². The standard InChI is InChI=1S/C8H13NOS.C8H11NOS.C7H13N3.C7H12N2O2.C5H9N3O.CH4/c2*1-5(2)4-7-8(10)9-6(3)11-7;1-5(2)4-7-8-6(3)9-10-7;1-5(2)4-9-7(10)8-6(3)11-9;1-3(2)4-6-5(9)8-7-4;/h5,7H,3-4H2,1-2H3,(H,9,10);4-5H,3H2,1-2H3,(H,9,10);5,9H,3-4H2,1-2H3,(H,8,10);5H,3-4H2,1-2H3,(H,8,10);3H,1-2H3,(H2,6,7,8,9);1H4. The van der Waals surface area contributed by atoms with Crippen LogP contribution in [0.15, 0.2) is 51.1 Å². The molecule has 53 heavy (non-hydrogen) atoms. The molecule has 0 radical (unpaired) electrons. The van der Waals surface area contributed by atoms with Gasteiger partial charge < -0.3 is 15.1 Å². The Morgan fingerprint density at radius 1 is 0.868 bits per heavy atom. The number of aromatic amines is 3. The van der Waals surface area contributed by atoms with Crippen LogP contribution >= 0.6 is 23.1 Å². The van der Waals surface area contributed by atoms with Crippen molar-refractivity contribution in [2.75, 3.05) is 6.54 Å². The average Bonchev–Trinajstić information content (AvgIpc) is 3.81. The number of hydroxylamine groups is 2. The van der Waals surface area contributed by atoms with E-state index in [1.165, 1.54) is 16.4 Å². The molecule has 0 bridgehead atoms. The Kier molecular flexibility index (Phi) is 21.9. The fourth-order valence-electron chi connectivity index (χ4n) is 4.10. The number of rotatable bonds is 8. The Morgan fingerprint density at radius 2 is 1.51 bits per heavy atom. The van der Waals surface area contributed by atoms with Gasteiger partial charge in [-0.1, -0.05) is 114 Å². The van der Waals surface area contributed by atoms with Gasteiger partial charge in [0.15, 0.2) is 0 Å². The van der Waals surface area contributed by atoms with E-state index < -0.39 is 0 Å². The quantitative estimate of drug-likeness (QED) is 0.194. The molecule has 1 unspecified atom stereocenters. The average molecular weight is 779 g/mol. The third-order valence-corrected chi connectivity index (χ3v) is 8.20. The van der Waals surface area contributed by atoms with Gasteiger partial charge in [-0.25, -0.2) is 19.7 Å². The number of thiazole rings is 1. The van der Waals surface area contributed by atoms with E-state index in [1.807, 2.05) is 47.6 Å². The molecule has 3 amide bonds. The zero-order valence-electron chi connectivity index (χ0n) is 32.2. The van der Waals surface area contributed by atoms with Crippen molar-refractivity contribution >= 4 is 53.5 Å². The molecule has 2 aromatic rings. The minimum atomic E-state index is -0.237. The molecule has 5 heterocycles. The maximum Gasteiger partial charge on any atom is 0.357 e. The molecule has 15 nitrogen and oxygen atoms in total. The zero-order chi connectivity index (χ0) is 39.7. The second kappa shape index (κ2) is 23.9. The smallest absolute Gasteiger partial charge is 0.357 e. The molecular weight excluding hydrogens is 717 g/mol. The molecule has 3 aliphatic heterocycles. The molecule has 1 atom stereocenters. The third kappa shape index (κ3) is 20.4. The van der Waals surface area contributed by atoms with Gasteiger partial charge in [0.25, 0.3) is 5.56 Å². The Balaban J connectivity index is 0.000000636. The second-order valence-electron chi connectivity index (χ2n) is 13.9. The zero-order valence-corrected chi connectivity index (χ0v) is 33.8. The van der Waals surface area contributed by atoms with Gasteiger partial charge in [0, 0.05) is 12.3 Å². The van der Waals surface area contributed by atoms with E-state index in [4.69, 9.17) is 4.84 Å². The van der Waals surface area contributed by atoms with Gasteiger partial charge in [0.1, 0.15) is 17.5 Å². The molecule has 2 aromatic heterocycles. The number of amidine groups is 1. The number of aliphatic imine (C=N–C) groups is 1. The van der Waals surface area contributed by atoms with Crippen molar-refractivity contribution in [2.24, 2.45) is 28.7 Å². The van der Waals surface area contributed by atoms with Crippen LogP contribution in [0.3, 0.4) is 0 Å². The van der Waals surface area contributed by atoms with E-state index in [0.717, 1.165) is 32.9 Å². The molecule has 2 saturated heterocycles. The van der Waals surface area contributed by atoms with Gasteiger partial charge in [-0.2, -0.15) is 10.2 Å². The highest BCUT2D eigenvalue weighted by Crippen LogP contribution is 2.29. The molecule has 7 N–H and O–H groups in total. The molecule has 298 valence electrons. The highest BCUT2D eigenvalue weighted by molar-refractivity contribution is 8.04.